The summed E-state index contributed by atoms with van der Waals surface area (Å²) in [4.78, 5) is 4.74. The predicted octanol–water partition coefficient (Wildman–Crippen LogP) is 1.74. The molecule has 84 valence electrons. The Labute approximate surface area is 94.1 Å². The normalized spacial score (nSPS) is 12.4. The molecular weight excluding hydrogens is 204 g/mol. The monoisotopic (exact) mass is 218 g/mol. The van der Waals surface area contributed by atoms with Crippen LogP contribution in [0.25, 0.3) is 0 Å². The maximum absolute atomic E-state index is 7.09. The van der Waals surface area contributed by atoms with Crippen molar-refractivity contribution in [2.75, 3.05) is 0 Å². The largest absolute Gasteiger partial charge is 0.342 e. The highest BCUT2D eigenvalue weighted by Gasteiger charge is 2.07. The topological polar surface area (TPSA) is 83.8 Å². The number of benzene rings is 1. The van der Waals surface area contributed by atoms with Crippen LogP contribution < -0.4 is 5.84 Å². The lowest BCUT2D eigenvalue weighted by Gasteiger charge is -2.04. The average molecular weight is 218 g/mol. The third-order valence-electron chi connectivity index (χ3n) is 1.84. The molecular formula is C11H14N4O. The molecule has 0 saturated carbocycles. The van der Waals surface area contributed by atoms with Crippen LogP contribution in [-0.4, -0.2) is 17.3 Å². The molecule has 0 aliphatic carbocycles. The second-order valence-corrected chi connectivity index (χ2v) is 3.17. The van der Waals surface area contributed by atoms with E-state index in [1.54, 1.807) is 6.92 Å². The summed E-state index contributed by atoms with van der Waals surface area (Å²) < 4.78 is 0. The number of nitrogens with one attached hydrogen (secondary N) is 1. The summed E-state index contributed by atoms with van der Waals surface area (Å²) in [5.41, 5.74) is 1.93. The van der Waals surface area contributed by atoms with Crippen LogP contribution in [0.15, 0.2) is 40.6 Å². The fourth-order valence-corrected chi connectivity index (χ4v) is 1.15. The Morgan fingerprint density at radius 3 is 2.38 bits per heavy atom. The van der Waals surface area contributed by atoms with E-state index in [-0.39, 0.29) is 5.90 Å². The van der Waals surface area contributed by atoms with Crippen molar-refractivity contribution in [2.45, 2.75) is 13.8 Å². The van der Waals surface area contributed by atoms with Crippen LogP contribution in [0.2, 0.25) is 0 Å². The van der Waals surface area contributed by atoms with E-state index in [0.717, 1.165) is 5.56 Å². The van der Waals surface area contributed by atoms with Crippen LogP contribution in [0.5, 0.6) is 0 Å². The van der Waals surface area contributed by atoms with Gasteiger partial charge < -0.3 is 10.7 Å². The van der Waals surface area contributed by atoms with Gasteiger partial charge in [0.25, 0.3) is 0 Å². The Balaban J connectivity index is 2.93. The van der Waals surface area contributed by atoms with Crippen LogP contribution in [-0.2, 0) is 4.84 Å². The molecule has 1 aromatic carbocycles. The van der Waals surface area contributed by atoms with Gasteiger partial charge in [0.05, 0.1) is 0 Å². The summed E-state index contributed by atoms with van der Waals surface area (Å²) in [7, 11) is 0. The molecule has 0 saturated heterocycles. The molecule has 5 heteroatoms. The Hall–Kier alpha value is -2.17. The highest BCUT2D eigenvalue weighted by atomic mass is 16.6. The third-order valence-corrected chi connectivity index (χ3v) is 1.84. The van der Waals surface area contributed by atoms with Gasteiger partial charge in [-0.1, -0.05) is 35.5 Å². The summed E-state index contributed by atoms with van der Waals surface area (Å²) in [6.07, 6.45) is 0. The number of oxime groups is 1. The molecule has 5 nitrogen and oxygen atoms in total. The molecule has 1 rings (SSSR count). The standard InChI is InChI=1S/C11H14N4O/c1-8(15-16-9(2)12)11(14-13)10-6-4-3-5-7-10/h3-7,12H,13H2,1-2H3/b12-9?,14-11-,15-8+. The van der Waals surface area contributed by atoms with E-state index in [9.17, 15) is 0 Å². The highest BCUT2D eigenvalue weighted by Crippen LogP contribution is 2.02. The van der Waals surface area contributed by atoms with Crippen molar-refractivity contribution < 1.29 is 4.84 Å². The first-order chi connectivity index (χ1) is 7.65. The molecule has 0 unspecified atom stereocenters. The molecule has 0 heterocycles. The van der Waals surface area contributed by atoms with Crippen molar-refractivity contribution in [3.8, 4) is 0 Å². The summed E-state index contributed by atoms with van der Waals surface area (Å²) in [5.74, 6) is 5.33. The first-order valence-electron chi connectivity index (χ1n) is 4.75. The number of hydrazone groups is 1. The lowest BCUT2D eigenvalue weighted by Crippen LogP contribution is -2.15. The second-order valence-electron chi connectivity index (χ2n) is 3.17. The first-order valence-corrected chi connectivity index (χ1v) is 4.75. The zero-order chi connectivity index (χ0) is 12.0. The third kappa shape index (κ3) is 3.20. The molecule has 0 aliphatic heterocycles. The average Bonchev–Trinajstić information content (AvgIpc) is 2.29. The lowest BCUT2D eigenvalue weighted by atomic mass is 10.1. The van der Waals surface area contributed by atoms with Gasteiger partial charge in [-0.15, -0.1) is 0 Å². The Morgan fingerprint density at radius 2 is 1.88 bits per heavy atom. The molecule has 0 spiro atoms. The molecule has 0 bridgehead atoms. The number of nitrogens with zero attached hydrogens (tertiary/aromatic N) is 2. The summed E-state index contributed by atoms with van der Waals surface area (Å²) in [6.45, 7) is 3.22. The fraction of sp³-hybridized carbons (Fsp3) is 0.182. The molecule has 0 amide bonds. The number of hydrogen-bond acceptors (Lipinski definition) is 5. The van der Waals surface area contributed by atoms with Crippen molar-refractivity contribution in [3.05, 3.63) is 35.9 Å². The van der Waals surface area contributed by atoms with Gasteiger partial charge in [0.1, 0.15) is 11.4 Å². The maximum atomic E-state index is 7.09. The smallest absolute Gasteiger partial charge is 0.214 e. The van der Waals surface area contributed by atoms with Crippen molar-refractivity contribution in [2.24, 2.45) is 16.1 Å². The minimum absolute atomic E-state index is 0.0174. The van der Waals surface area contributed by atoms with E-state index in [2.05, 4.69) is 10.3 Å². The molecule has 3 N–H and O–H groups in total. The minimum Gasteiger partial charge on any atom is -0.342 e. The molecule has 1 aromatic rings. The quantitative estimate of drug-likeness (QED) is 0.350. The Bertz CT molecular complexity index is 423. The van der Waals surface area contributed by atoms with Gasteiger partial charge >= 0.3 is 0 Å². The van der Waals surface area contributed by atoms with E-state index in [1.807, 2.05) is 30.3 Å². The lowest BCUT2D eigenvalue weighted by molar-refractivity contribution is 0.323. The molecule has 0 atom stereocenters. The maximum Gasteiger partial charge on any atom is 0.214 e. The second kappa shape index (κ2) is 5.65. The molecule has 16 heavy (non-hydrogen) atoms. The number of rotatable bonds is 3. The van der Waals surface area contributed by atoms with Gasteiger partial charge in [-0.25, -0.2) is 0 Å². The summed E-state index contributed by atoms with van der Waals surface area (Å²) in [6, 6.07) is 9.43. The SMILES string of the molecule is CC(=N)O/N=C(C)/C(=N/N)c1ccccc1. The van der Waals surface area contributed by atoms with Crippen LogP contribution in [0.3, 0.4) is 0 Å². The van der Waals surface area contributed by atoms with Gasteiger partial charge in [0.2, 0.25) is 5.90 Å². The van der Waals surface area contributed by atoms with Crippen LogP contribution in [0.4, 0.5) is 0 Å². The summed E-state index contributed by atoms with van der Waals surface area (Å²) >= 11 is 0. The Morgan fingerprint density at radius 1 is 1.25 bits per heavy atom. The number of hydrogen-bond donors (Lipinski definition) is 2. The van der Waals surface area contributed by atoms with Gasteiger partial charge in [0.15, 0.2) is 0 Å². The van der Waals surface area contributed by atoms with Crippen LogP contribution >= 0.6 is 0 Å². The van der Waals surface area contributed by atoms with Crippen molar-refractivity contribution in [1.29, 1.82) is 5.41 Å². The molecule has 0 radical (unpaired) electrons. The summed E-state index contributed by atoms with van der Waals surface area (Å²) in [5, 5.41) is 14.5. The van der Waals surface area contributed by atoms with E-state index in [0.29, 0.717) is 11.4 Å². The van der Waals surface area contributed by atoms with Crippen molar-refractivity contribution >= 4 is 17.3 Å². The number of nitrogens with two attached hydrogens (primary N) is 1. The zero-order valence-electron chi connectivity index (χ0n) is 9.27. The van der Waals surface area contributed by atoms with Gasteiger partial charge in [0, 0.05) is 12.5 Å². The molecule has 0 aliphatic rings. The van der Waals surface area contributed by atoms with Gasteiger partial charge in [-0.05, 0) is 6.92 Å². The van der Waals surface area contributed by atoms with E-state index >= 15 is 0 Å². The van der Waals surface area contributed by atoms with Crippen molar-refractivity contribution in [3.63, 3.8) is 0 Å². The van der Waals surface area contributed by atoms with Gasteiger partial charge in [-0.3, -0.25) is 5.41 Å². The van der Waals surface area contributed by atoms with Crippen LogP contribution in [0.1, 0.15) is 19.4 Å². The highest BCUT2D eigenvalue weighted by molar-refractivity contribution is 6.47. The van der Waals surface area contributed by atoms with Crippen LogP contribution in [0, 0.1) is 5.41 Å². The van der Waals surface area contributed by atoms with Crippen molar-refractivity contribution in [1.82, 2.24) is 0 Å². The molecule has 0 fully saturated rings. The Kier molecular flexibility index (Phi) is 4.20. The van der Waals surface area contributed by atoms with E-state index < -0.39 is 0 Å². The fourth-order valence-electron chi connectivity index (χ4n) is 1.15. The zero-order valence-corrected chi connectivity index (χ0v) is 9.27. The van der Waals surface area contributed by atoms with Gasteiger partial charge in [-0.2, -0.15) is 5.10 Å². The van der Waals surface area contributed by atoms with E-state index in [4.69, 9.17) is 16.1 Å². The van der Waals surface area contributed by atoms with E-state index in [1.165, 1.54) is 6.92 Å². The first kappa shape index (κ1) is 11.9. The minimum atomic E-state index is 0.0174. The molecule has 0 aromatic heterocycles. The predicted molar refractivity (Wildman–Crippen MR) is 64.8 cm³/mol.